The third kappa shape index (κ3) is 2.68. The van der Waals surface area contributed by atoms with Crippen LogP contribution in [0.25, 0.3) is 10.6 Å². The lowest BCUT2D eigenvalue weighted by Crippen LogP contribution is -2.00. The SMILES string of the molecule is CCOc1ccc(-c2nc(C(=O)OC)cs2)cc1. The lowest BCUT2D eigenvalue weighted by molar-refractivity contribution is 0.0595. The van der Waals surface area contributed by atoms with Crippen LogP contribution in [0.3, 0.4) is 0 Å². The molecule has 0 amide bonds. The van der Waals surface area contributed by atoms with Gasteiger partial charge in [-0.15, -0.1) is 11.3 Å². The number of carbonyl (C=O) groups is 1. The van der Waals surface area contributed by atoms with Crippen LogP contribution in [0.5, 0.6) is 5.75 Å². The van der Waals surface area contributed by atoms with Gasteiger partial charge in [-0.25, -0.2) is 9.78 Å². The number of benzene rings is 1. The maximum atomic E-state index is 11.3. The number of hydrogen-bond acceptors (Lipinski definition) is 5. The van der Waals surface area contributed by atoms with Gasteiger partial charge in [-0.3, -0.25) is 0 Å². The smallest absolute Gasteiger partial charge is 0.357 e. The van der Waals surface area contributed by atoms with Crippen molar-refractivity contribution in [3.8, 4) is 16.3 Å². The minimum absolute atomic E-state index is 0.339. The second-order valence-electron chi connectivity index (χ2n) is 3.49. The van der Waals surface area contributed by atoms with E-state index in [-0.39, 0.29) is 0 Å². The number of rotatable bonds is 4. The molecule has 1 aromatic carbocycles. The highest BCUT2D eigenvalue weighted by atomic mass is 32.1. The first kappa shape index (κ1) is 12.6. The number of hydrogen-bond donors (Lipinski definition) is 0. The molecule has 0 saturated heterocycles. The fourth-order valence-corrected chi connectivity index (χ4v) is 2.26. The zero-order valence-corrected chi connectivity index (χ0v) is 11.0. The van der Waals surface area contributed by atoms with Gasteiger partial charge >= 0.3 is 5.97 Å². The van der Waals surface area contributed by atoms with Crippen LogP contribution in [0.15, 0.2) is 29.6 Å². The quantitative estimate of drug-likeness (QED) is 0.796. The molecule has 18 heavy (non-hydrogen) atoms. The number of ether oxygens (including phenoxy) is 2. The Kier molecular flexibility index (Phi) is 3.94. The molecule has 5 heteroatoms. The molecule has 0 aliphatic carbocycles. The summed E-state index contributed by atoms with van der Waals surface area (Å²) in [5.41, 5.74) is 1.30. The molecular formula is C13H13NO3S. The molecule has 1 heterocycles. The van der Waals surface area contributed by atoms with E-state index in [0.717, 1.165) is 16.3 Å². The third-order valence-corrected chi connectivity index (χ3v) is 3.20. The molecule has 1 aromatic heterocycles. The van der Waals surface area contributed by atoms with Gasteiger partial charge in [0.05, 0.1) is 13.7 Å². The summed E-state index contributed by atoms with van der Waals surface area (Å²) in [4.78, 5) is 15.5. The van der Waals surface area contributed by atoms with Gasteiger partial charge in [-0.2, -0.15) is 0 Å². The van der Waals surface area contributed by atoms with Gasteiger partial charge in [0.25, 0.3) is 0 Å². The van der Waals surface area contributed by atoms with E-state index < -0.39 is 5.97 Å². The van der Waals surface area contributed by atoms with Gasteiger partial charge in [-0.05, 0) is 31.2 Å². The molecule has 2 aromatic rings. The molecule has 94 valence electrons. The highest BCUT2D eigenvalue weighted by Crippen LogP contribution is 2.25. The Bertz CT molecular complexity index is 533. The molecule has 0 radical (unpaired) electrons. The third-order valence-electron chi connectivity index (χ3n) is 2.31. The van der Waals surface area contributed by atoms with Crippen molar-refractivity contribution in [2.24, 2.45) is 0 Å². The largest absolute Gasteiger partial charge is 0.494 e. The molecule has 0 unspecified atom stereocenters. The predicted molar refractivity (Wildman–Crippen MR) is 70.1 cm³/mol. The maximum Gasteiger partial charge on any atom is 0.357 e. The fourth-order valence-electron chi connectivity index (χ4n) is 1.47. The number of aromatic nitrogens is 1. The van der Waals surface area contributed by atoms with Gasteiger partial charge in [0.2, 0.25) is 0 Å². The number of nitrogens with zero attached hydrogens (tertiary/aromatic N) is 1. The van der Waals surface area contributed by atoms with E-state index in [4.69, 9.17) is 4.74 Å². The van der Waals surface area contributed by atoms with Gasteiger partial charge in [0, 0.05) is 10.9 Å². The van der Waals surface area contributed by atoms with Crippen LogP contribution in [0.4, 0.5) is 0 Å². The first-order valence-electron chi connectivity index (χ1n) is 5.51. The lowest BCUT2D eigenvalue weighted by Gasteiger charge is -2.02. The van der Waals surface area contributed by atoms with E-state index in [2.05, 4.69) is 9.72 Å². The number of methoxy groups -OCH3 is 1. The summed E-state index contributed by atoms with van der Waals surface area (Å²) in [6, 6.07) is 7.62. The van der Waals surface area contributed by atoms with Crippen molar-refractivity contribution in [3.05, 3.63) is 35.3 Å². The van der Waals surface area contributed by atoms with Crippen molar-refractivity contribution in [2.75, 3.05) is 13.7 Å². The first-order chi connectivity index (χ1) is 8.74. The highest BCUT2D eigenvalue weighted by molar-refractivity contribution is 7.13. The van der Waals surface area contributed by atoms with Crippen LogP contribution in [-0.4, -0.2) is 24.7 Å². The van der Waals surface area contributed by atoms with E-state index in [1.165, 1.54) is 18.4 Å². The van der Waals surface area contributed by atoms with E-state index in [0.29, 0.717) is 12.3 Å². The normalized spacial score (nSPS) is 10.1. The Morgan fingerprint density at radius 2 is 2.06 bits per heavy atom. The minimum atomic E-state index is -0.413. The Labute approximate surface area is 109 Å². The maximum absolute atomic E-state index is 11.3. The second-order valence-corrected chi connectivity index (χ2v) is 4.34. The number of carbonyl (C=O) groups excluding carboxylic acids is 1. The van der Waals surface area contributed by atoms with E-state index in [9.17, 15) is 4.79 Å². The van der Waals surface area contributed by atoms with Gasteiger partial charge in [0.1, 0.15) is 10.8 Å². The van der Waals surface area contributed by atoms with E-state index >= 15 is 0 Å². The van der Waals surface area contributed by atoms with Gasteiger partial charge in [-0.1, -0.05) is 0 Å². The van der Waals surface area contributed by atoms with Gasteiger partial charge in [0.15, 0.2) is 5.69 Å². The molecule has 0 aliphatic heterocycles. The molecular weight excluding hydrogens is 250 g/mol. The Morgan fingerprint density at radius 1 is 1.33 bits per heavy atom. The molecule has 0 N–H and O–H groups in total. The Morgan fingerprint density at radius 3 is 2.67 bits per heavy atom. The molecule has 0 atom stereocenters. The number of thiazole rings is 1. The van der Waals surface area contributed by atoms with E-state index in [1.807, 2.05) is 31.2 Å². The topological polar surface area (TPSA) is 48.4 Å². The fraction of sp³-hybridized carbons (Fsp3) is 0.231. The summed E-state index contributed by atoms with van der Waals surface area (Å²) in [6.07, 6.45) is 0. The summed E-state index contributed by atoms with van der Waals surface area (Å²) in [7, 11) is 1.35. The minimum Gasteiger partial charge on any atom is -0.494 e. The van der Waals surface area contributed by atoms with Crippen LogP contribution < -0.4 is 4.74 Å². The van der Waals surface area contributed by atoms with Crippen LogP contribution in [-0.2, 0) is 4.74 Å². The Balaban J connectivity index is 2.20. The van der Waals surface area contributed by atoms with E-state index in [1.54, 1.807) is 5.38 Å². The standard InChI is InChI=1S/C13H13NO3S/c1-3-17-10-6-4-9(5-7-10)12-14-11(8-18-12)13(15)16-2/h4-8H,3H2,1-2H3. The summed E-state index contributed by atoms with van der Waals surface area (Å²) in [6.45, 7) is 2.58. The molecule has 4 nitrogen and oxygen atoms in total. The molecule has 0 bridgehead atoms. The van der Waals surface area contributed by atoms with Crippen molar-refractivity contribution in [2.45, 2.75) is 6.92 Å². The predicted octanol–water partition coefficient (Wildman–Crippen LogP) is 3.00. The zero-order chi connectivity index (χ0) is 13.0. The average Bonchev–Trinajstić information content (AvgIpc) is 2.89. The monoisotopic (exact) mass is 263 g/mol. The average molecular weight is 263 g/mol. The van der Waals surface area contributed by atoms with Crippen LogP contribution in [0.1, 0.15) is 17.4 Å². The highest BCUT2D eigenvalue weighted by Gasteiger charge is 2.11. The van der Waals surface area contributed by atoms with Crippen molar-refractivity contribution >= 4 is 17.3 Å². The van der Waals surface area contributed by atoms with Crippen LogP contribution in [0, 0.1) is 0 Å². The first-order valence-corrected chi connectivity index (χ1v) is 6.39. The molecule has 0 aliphatic rings. The Hall–Kier alpha value is -1.88. The van der Waals surface area contributed by atoms with Crippen molar-refractivity contribution < 1.29 is 14.3 Å². The summed E-state index contributed by atoms with van der Waals surface area (Å²) < 4.78 is 9.99. The summed E-state index contributed by atoms with van der Waals surface area (Å²) >= 11 is 1.41. The molecule has 0 saturated carbocycles. The van der Waals surface area contributed by atoms with Crippen molar-refractivity contribution in [1.29, 1.82) is 0 Å². The van der Waals surface area contributed by atoms with Crippen molar-refractivity contribution in [3.63, 3.8) is 0 Å². The van der Waals surface area contributed by atoms with Crippen LogP contribution >= 0.6 is 11.3 Å². The molecule has 2 rings (SSSR count). The summed E-state index contributed by atoms with van der Waals surface area (Å²) in [5, 5.41) is 2.48. The molecule has 0 fully saturated rings. The summed E-state index contributed by atoms with van der Waals surface area (Å²) in [5.74, 6) is 0.412. The van der Waals surface area contributed by atoms with Crippen LogP contribution in [0.2, 0.25) is 0 Å². The zero-order valence-electron chi connectivity index (χ0n) is 10.2. The van der Waals surface area contributed by atoms with Gasteiger partial charge < -0.3 is 9.47 Å². The molecule has 0 spiro atoms. The second kappa shape index (κ2) is 5.64. The number of esters is 1. The van der Waals surface area contributed by atoms with Crippen molar-refractivity contribution in [1.82, 2.24) is 4.98 Å². The lowest BCUT2D eigenvalue weighted by atomic mass is 10.2.